The molecule has 4 N–H and O–H groups in total. The third kappa shape index (κ3) is 3.86. The van der Waals surface area contributed by atoms with Gasteiger partial charge in [-0.1, -0.05) is 17.7 Å². The smallest absolute Gasteiger partial charge is 0.339 e. The summed E-state index contributed by atoms with van der Waals surface area (Å²) >= 11 is 5.79. The number of carboxylic acid groups (broad SMARTS) is 1. The van der Waals surface area contributed by atoms with Crippen molar-refractivity contribution in [1.82, 2.24) is 4.90 Å². The number of carbonyl (C=O) groups excluding carboxylic acids is 2. The summed E-state index contributed by atoms with van der Waals surface area (Å²) in [7, 11) is 0. The van der Waals surface area contributed by atoms with Crippen LogP contribution < -0.4 is 11.1 Å². The number of primary amides is 1. The monoisotopic (exact) mass is 299 g/mol. The van der Waals surface area contributed by atoms with Crippen LogP contribution in [0.15, 0.2) is 18.2 Å². The van der Waals surface area contributed by atoms with E-state index in [2.05, 4.69) is 5.32 Å². The Kier molecular flexibility index (Phi) is 5.33. The Labute approximate surface area is 120 Å². The first kappa shape index (κ1) is 15.8. The second-order valence-electron chi connectivity index (χ2n) is 3.88. The first-order chi connectivity index (χ1) is 9.36. The molecule has 0 atom stereocenters. The van der Waals surface area contributed by atoms with Crippen molar-refractivity contribution < 1.29 is 19.5 Å². The summed E-state index contributed by atoms with van der Waals surface area (Å²) in [4.78, 5) is 35.0. The number of amides is 3. The predicted octanol–water partition coefficient (Wildman–Crippen LogP) is 1.38. The highest BCUT2D eigenvalue weighted by atomic mass is 35.5. The zero-order valence-electron chi connectivity index (χ0n) is 10.7. The van der Waals surface area contributed by atoms with E-state index < -0.39 is 17.9 Å². The average molecular weight is 300 g/mol. The normalized spacial score (nSPS) is 9.90. The van der Waals surface area contributed by atoms with Crippen molar-refractivity contribution in [3.63, 3.8) is 0 Å². The zero-order valence-corrected chi connectivity index (χ0v) is 11.5. The van der Waals surface area contributed by atoms with Crippen molar-refractivity contribution in [2.24, 2.45) is 5.73 Å². The van der Waals surface area contributed by atoms with Crippen molar-refractivity contribution in [2.45, 2.75) is 6.92 Å². The molecule has 8 heteroatoms. The van der Waals surface area contributed by atoms with E-state index in [-0.39, 0.29) is 29.4 Å². The lowest BCUT2D eigenvalue weighted by Crippen LogP contribution is -2.41. The molecule has 0 spiro atoms. The summed E-state index contributed by atoms with van der Waals surface area (Å²) in [6.07, 6.45) is 0. The van der Waals surface area contributed by atoms with Gasteiger partial charge in [-0.05, 0) is 19.1 Å². The quantitative estimate of drug-likeness (QED) is 0.762. The summed E-state index contributed by atoms with van der Waals surface area (Å²) in [5.41, 5.74) is 4.87. The molecule has 3 amide bonds. The highest BCUT2D eigenvalue weighted by Gasteiger charge is 2.19. The number of anilines is 1. The predicted molar refractivity (Wildman–Crippen MR) is 73.9 cm³/mol. The van der Waals surface area contributed by atoms with Gasteiger partial charge in [-0.25, -0.2) is 9.59 Å². The molecule has 0 bridgehead atoms. The minimum atomic E-state index is -1.26. The summed E-state index contributed by atoms with van der Waals surface area (Å²) in [5.74, 6) is -1.92. The fourth-order valence-electron chi connectivity index (χ4n) is 1.56. The van der Waals surface area contributed by atoms with Crippen molar-refractivity contribution in [3.05, 3.63) is 28.8 Å². The minimum absolute atomic E-state index is 0.00764. The lowest BCUT2D eigenvalue weighted by atomic mass is 10.2. The molecule has 0 unspecified atom stereocenters. The van der Waals surface area contributed by atoms with Gasteiger partial charge in [0.2, 0.25) is 5.91 Å². The Bertz CT molecular complexity index is 548. The Morgan fingerprint density at radius 3 is 2.55 bits per heavy atom. The van der Waals surface area contributed by atoms with Crippen LogP contribution in [0.1, 0.15) is 17.3 Å². The first-order valence-corrected chi connectivity index (χ1v) is 6.10. The van der Waals surface area contributed by atoms with Crippen molar-refractivity contribution in [3.8, 4) is 0 Å². The summed E-state index contributed by atoms with van der Waals surface area (Å²) in [5, 5.41) is 11.5. The fraction of sp³-hybridized carbons (Fsp3) is 0.250. The number of aromatic carboxylic acids is 1. The van der Waals surface area contributed by atoms with E-state index in [1.807, 2.05) is 0 Å². The number of hydrogen-bond donors (Lipinski definition) is 3. The molecule has 0 aromatic heterocycles. The SMILES string of the molecule is CCN(CC(N)=O)C(=O)Nc1cccc(Cl)c1C(=O)O. The van der Waals surface area contributed by atoms with Gasteiger partial charge in [-0.2, -0.15) is 0 Å². The average Bonchev–Trinajstić information content (AvgIpc) is 2.35. The summed E-state index contributed by atoms with van der Waals surface area (Å²) < 4.78 is 0. The van der Waals surface area contributed by atoms with Crippen molar-refractivity contribution in [2.75, 3.05) is 18.4 Å². The largest absolute Gasteiger partial charge is 0.478 e. The van der Waals surface area contributed by atoms with Gasteiger partial charge in [0, 0.05) is 6.54 Å². The summed E-state index contributed by atoms with van der Waals surface area (Å²) in [6.45, 7) is 1.65. The standard InChI is InChI=1S/C12H14ClN3O4/c1-2-16(6-9(14)17)12(20)15-8-5-3-4-7(13)10(8)11(18)19/h3-5H,2,6H2,1H3,(H2,14,17)(H,15,20)(H,18,19). The van der Waals surface area contributed by atoms with E-state index >= 15 is 0 Å². The molecule has 0 radical (unpaired) electrons. The second kappa shape index (κ2) is 6.76. The van der Waals surface area contributed by atoms with Gasteiger partial charge in [0.25, 0.3) is 0 Å². The molecule has 0 aliphatic rings. The fourth-order valence-corrected chi connectivity index (χ4v) is 1.81. The molecule has 0 saturated carbocycles. The van der Waals surface area contributed by atoms with Gasteiger partial charge in [0.05, 0.1) is 10.7 Å². The lowest BCUT2D eigenvalue weighted by Gasteiger charge is -2.20. The molecule has 7 nitrogen and oxygen atoms in total. The molecular formula is C12H14ClN3O4. The van der Waals surface area contributed by atoms with E-state index in [0.29, 0.717) is 0 Å². The first-order valence-electron chi connectivity index (χ1n) is 5.72. The van der Waals surface area contributed by atoms with E-state index in [0.717, 1.165) is 4.90 Å². The number of carboxylic acids is 1. The van der Waals surface area contributed by atoms with E-state index in [9.17, 15) is 14.4 Å². The van der Waals surface area contributed by atoms with Crippen LogP contribution in [-0.2, 0) is 4.79 Å². The molecule has 0 fully saturated rings. The van der Waals surface area contributed by atoms with E-state index in [4.69, 9.17) is 22.4 Å². The van der Waals surface area contributed by atoms with Crippen LogP contribution in [0.3, 0.4) is 0 Å². The highest BCUT2D eigenvalue weighted by molar-refractivity contribution is 6.34. The van der Waals surface area contributed by atoms with Gasteiger partial charge < -0.3 is 21.1 Å². The van der Waals surface area contributed by atoms with Crippen LogP contribution in [0.2, 0.25) is 5.02 Å². The van der Waals surface area contributed by atoms with Gasteiger partial charge >= 0.3 is 12.0 Å². The maximum Gasteiger partial charge on any atom is 0.339 e. The Balaban J connectivity index is 2.98. The molecular weight excluding hydrogens is 286 g/mol. The maximum absolute atomic E-state index is 11.9. The van der Waals surface area contributed by atoms with Crippen molar-refractivity contribution >= 4 is 35.2 Å². The number of nitrogens with zero attached hydrogens (tertiary/aromatic N) is 1. The molecule has 1 rings (SSSR count). The molecule has 20 heavy (non-hydrogen) atoms. The molecule has 108 valence electrons. The van der Waals surface area contributed by atoms with Gasteiger partial charge in [0.15, 0.2) is 0 Å². The molecule has 0 saturated heterocycles. The molecule has 1 aromatic rings. The van der Waals surface area contributed by atoms with Gasteiger partial charge in [0.1, 0.15) is 12.1 Å². The molecule has 1 aromatic carbocycles. The third-order valence-corrected chi connectivity index (χ3v) is 2.80. The van der Waals surface area contributed by atoms with E-state index in [1.54, 1.807) is 6.92 Å². The Morgan fingerprint density at radius 1 is 1.40 bits per heavy atom. The van der Waals surface area contributed by atoms with Crippen LogP contribution in [0.25, 0.3) is 0 Å². The second-order valence-corrected chi connectivity index (χ2v) is 4.29. The molecule has 0 aliphatic heterocycles. The number of hydrogen-bond acceptors (Lipinski definition) is 3. The third-order valence-electron chi connectivity index (χ3n) is 2.48. The zero-order chi connectivity index (χ0) is 15.3. The number of nitrogens with one attached hydrogen (secondary N) is 1. The molecule has 0 heterocycles. The van der Waals surface area contributed by atoms with Gasteiger partial charge in [-0.3, -0.25) is 4.79 Å². The number of rotatable bonds is 5. The molecule has 0 aliphatic carbocycles. The van der Waals surface area contributed by atoms with Crippen LogP contribution in [0, 0.1) is 0 Å². The van der Waals surface area contributed by atoms with Crippen LogP contribution in [0.4, 0.5) is 10.5 Å². The Morgan fingerprint density at radius 2 is 2.05 bits per heavy atom. The van der Waals surface area contributed by atoms with Crippen LogP contribution >= 0.6 is 11.6 Å². The maximum atomic E-state index is 11.9. The number of urea groups is 1. The number of benzene rings is 1. The van der Waals surface area contributed by atoms with E-state index in [1.165, 1.54) is 18.2 Å². The van der Waals surface area contributed by atoms with Crippen LogP contribution in [0.5, 0.6) is 0 Å². The lowest BCUT2D eigenvalue weighted by molar-refractivity contribution is -0.118. The summed E-state index contributed by atoms with van der Waals surface area (Å²) in [6, 6.07) is 3.69. The topological polar surface area (TPSA) is 113 Å². The number of likely N-dealkylation sites (N-methyl/N-ethyl adjacent to an activating group) is 1. The minimum Gasteiger partial charge on any atom is -0.478 e. The van der Waals surface area contributed by atoms with Gasteiger partial charge in [-0.15, -0.1) is 0 Å². The Hall–Kier alpha value is -2.28. The highest BCUT2D eigenvalue weighted by Crippen LogP contribution is 2.24. The number of halogens is 1. The number of nitrogens with two attached hydrogens (primary N) is 1. The number of carbonyl (C=O) groups is 3. The van der Waals surface area contributed by atoms with Crippen molar-refractivity contribution in [1.29, 1.82) is 0 Å². The van der Waals surface area contributed by atoms with Crippen LogP contribution in [-0.4, -0.2) is 41.0 Å².